The summed E-state index contributed by atoms with van der Waals surface area (Å²) in [7, 11) is 0. The van der Waals surface area contributed by atoms with Crippen LogP contribution in [-0.4, -0.2) is 19.6 Å². The molecule has 7 aromatic carbocycles. The van der Waals surface area contributed by atoms with Crippen LogP contribution in [0.4, 0.5) is 0 Å². The molecule has 62 heavy (non-hydrogen) atoms. The van der Waals surface area contributed by atoms with Gasteiger partial charge in [-0.3, -0.25) is 9.55 Å². The molecule has 0 saturated heterocycles. The third kappa shape index (κ3) is 7.97. The summed E-state index contributed by atoms with van der Waals surface area (Å²) in [6.07, 6.45) is 2.76. The zero-order chi connectivity index (χ0) is 45.6. The summed E-state index contributed by atoms with van der Waals surface area (Å²) in [5.41, 5.74) is 16.3. The maximum atomic E-state index is 12.3. The summed E-state index contributed by atoms with van der Waals surface area (Å²) < 4.78 is 25.8. The van der Waals surface area contributed by atoms with Crippen LogP contribution < -0.4 is 0 Å². The molecular weight excluding hydrogens is 755 g/mol. The van der Waals surface area contributed by atoms with Crippen molar-refractivity contribution in [1.82, 2.24) is 14.5 Å². The zero-order valence-corrected chi connectivity index (χ0v) is 36.2. The monoisotopic (exact) mass is 810 g/mol. The quantitative estimate of drug-likeness (QED) is 0.158. The second-order valence-corrected chi connectivity index (χ2v) is 17.9. The fraction of sp³-hybridized carbons (Fsp3) is 0.172. The van der Waals surface area contributed by atoms with Crippen molar-refractivity contribution in [2.24, 2.45) is 5.92 Å². The number of nitrogens with zero attached hydrogens (tertiary/aromatic N) is 3. The van der Waals surface area contributed by atoms with Crippen LogP contribution in [0.15, 0.2) is 170 Å². The van der Waals surface area contributed by atoms with Gasteiger partial charge < -0.3 is 5.11 Å². The highest BCUT2D eigenvalue weighted by atomic mass is 16.3. The van der Waals surface area contributed by atoms with Gasteiger partial charge in [-0.1, -0.05) is 149 Å². The molecule has 0 spiro atoms. The molecule has 306 valence electrons. The minimum Gasteiger partial charge on any atom is -0.507 e. The number of benzene rings is 7. The van der Waals surface area contributed by atoms with Gasteiger partial charge in [0.15, 0.2) is 0 Å². The Labute approximate surface area is 370 Å². The molecule has 0 amide bonds. The minimum atomic E-state index is -2.17. The lowest BCUT2D eigenvalue weighted by atomic mass is 9.84. The number of hydrogen-bond donors (Lipinski definition) is 1. The van der Waals surface area contributed by atoms with Crippen LogP contribution in [-0.2, 0) is 11.8 Å². The molecule has 2 aromatic heterocycles. The zero-order valence-electron chi connectivity index (χ0n) is 39.2. The summed E-state index contributed by atoms with van der Waals surface area (Å²) in [6, 6.07) is 55.8. The summed E-state index contributed by atoms with van der Waals surface area (Å²) in [4.78, 5) is 10.5. The molecule has 0 aliphatic heterocycles. The Kier molecular flexibility index (Phi) is 9.75. The van der Waals surface area contributed by atoms with E-state index in [1.54, 1.807) is 12.1 Å². The van der Waals surface area contributed by atoms with Gasteiger partial charge in [0.05, 0.1) is 28.0 Å². The Morgan fingerprint density at radius 1 is 0.597 bits per heavy atom. The van der Waals surface area contributed by atoms with Crippen LogP contribution in [0.25, 0.3) is 83.9 Å². The van der Waals surface area contributed by atoms with Crippen LogP contribution in [0.2, 0.25) is 0 Å². The van der Waals surface area contributed by atoms with Crippen LogP contribution >= 0.6 is 0 Å². The number of aromatic nitrogens is 3. The number of aryl methyl sites for hydroxylation is 2. The molecule has 0 bridgehead atoms. The fourth-order valence-corrected chi connectivity index (χ4v) is 8.66. The van der Waals surface area contributed by atoms with Gasteiger partial charge in [-0.25, -0.2) is 4.98 Å². The van der Waals surface area contributed by atoms with Gasteiger partial charge >= 0.3 is 0 Å². The lowest BCUT2D eigenvalue weighted by molar-refractivity contribution is 0.448. The van der Waals surface area contributed by atoms with Crippen molar-refractivity contribution in [3.8, 4) is 78.6 Å². The van der Waals surface area contributed by atoms with Gasteiger partial charge in [-0.15, -0.1) is 0 Å². The van der Waals surface area contributed by atoms with E-state index < -0.39 is 6.85 Å². The van der Waals surface area contributed by atoms with Crippen molar-refractivity contribution in [3.05, 3.63) is 192 Å². The van der Waals surface area contributed by atoms with E-state index in [2.05, 4.69) is 167 Å². The molecule has 1 N–H and O–H groups in total. The number of rotatable bonds is 9. The molecule has 0 unspecified atom stereocenters. The predicted molar refractivity (Wildman–Crippen MR) is 260 cm³/mol. The first-order valence-corrected chi connectivity index (χ1v) is 21.5. The number of imidazole rings is 1. The maximum absolute atomic E-state index is 12.3. The SMILES string of the molecule is [2H]C([2H])([2H])c1ccc(-c2ccnc(-c3cc(-c4ccccc4)cc(-c4cccc5c4nc(-c4cc(C)cc(C(C)(C)C)c4O)n5-c4ccc(CC(C)C)cc4-c4ccccc4)c3)c2)cc1. The van der Waals surface area contributed by atoms with Gasteiger partial charge in [0.1, 0.15) is 11.6 Å². The first kappa shape index (κ1) is 36.8. The van der Waals surface area contributed by atoms with Crippen molar-refractivity contribution in [1.29, 1.82) is 0 Å². The summed E-state index contributed by atoms with van der Waals surface area (Å²) in [5.74, 6) is 1.37. The van der Waals surface area contributed by atoms with Gasteiger partial charge in [0.25, 0.3) is 0 Å². The van der Waals surface area contributed by atoms with Crippen molar-refractivity contribution in [3.63, 3.8) is 0 Å². The molecule has 0 aliphatic carbocycles. The standard InChI is InChI=1S/C58H53N3O/c1-37(2)29-40-23-26-53(49(32-40)43-17-12-9-13-18-43)61-54-20-14-19-48(55(54)60-57(61)50-30-39(4)31-51(56(50)62)58(5,6)7)46-33-45(41-15-10-8-11-16-41)34-47(35-46)52-36-44(27-28-59-52)42-24-21-38(3)22-25-42/h8-28,30-37,62H,29H2,1-7H3/i3D3. The minimum absolute atomic E-state index is 0.228. The lowest BCUT2D eigenvalue weighted by Gasteiger charge is -2.23. The number of aromatic hydroxyl groups is 1. The van der Waals surface area contributed by atoms with Gasteiger partial charge in [0.2, 0.25) is 0 Å². The third-order valence-corrected chi connectivity index (χ3v) is 11.6. The second kappa shape index (κ2) is 16.4. The van der Waals surface area contributed by atoms with E-state index in [-0.39, 0.29) is 11.2 Å². The van der Waals surface area contributed by atoms with E-state index in [0.29, 0.717) is 22.9 Å². The molecule has 9 aromatic rings. The van der Waals surface area contributed by atoms with Gasteiger partial charge in [-0.05, 0) is 131 Å². The van der Waals surface area contributed by atoms with Crippen molar-refractivity contribution in [2.45, 2.75) is 60.2 Å². The van der Waals surface area contributed by atoms with Crippen molar-refractivity contribution < 1.29 is 9.22 Å². The van der Waals surface area contributed by atoms with E-state index in [0.717, 1.165) is 90.0 Å². The largest absolute Gasteiger partial charge is 0.507 e. The number of phenolic OH excluding ortho intramolecular Hbond substituents is 1. The van der Waals surface area contributed by atoms with Gasteiger partial charge in [-0.2, -0.15) is 0 Å². The third-order valence-electron chi connectivity index (χ3n) is 11.6. The predicted octanol–water partition coefficient (Wildman–Crippen LogP) is 15.2. The second-order valence-electron chi connectivity index (χ2n) is 17.9. The highest BCUT2D eigenvalue weighted by Gasteiger charge is 2.27. The highest BCUT2D eigenvalue weighted by Crippen LogP contribution is 2.44. The normalized spacial score (nSPS) is 12.7. The fourth-order valence-electron chi connectivity index (χ4n) is 8.66. The maximum Gasteiger partial charge on any atom is 0.149 e. The first-order valence-electron chi connectivity index (χ1n) is 23.0. The van der Waals surface area contributed by atoms with Crippen molar-refractivity contribution >= 4 is 11.0 Å². The average molecular weight is 811 g/mol. The van der Waals surface area contributed by atoms with E-state index in [9.17, 15) is 5.11 Å². The molecule has 0 saturated carbocycles. The lowest BCUT2D eigenvalue weighted by Crippen LogP contribution is -2.12. The smallest absolute Gasteiger partial charge is 0.149 e. The topological polar surface area (TPSA) is 50.9 Å². The van der Waals surface area contributed by atoms with Crippen LogP contribution in [0.1, 0.15) is 61.0 Å². The number of hydrogen-bond acceptors (Lipinski definition) is 3. The number of fused-ring (bicyclic) bond motifs is 1. The van der Waals surface area contributed by atoms with E-state index >= 15 is 0 Å². The Balaban J connectivity index is 1.30. The molecule has 4 heteroatoms. The first-order chi connectivity index (χ1) is 31.1. The average Bonchev–Trinajstić information content (AvgIpc) is 3.69. The molecule has 2 heterocycles. The Bertz CT molecular complexity index is 3180. The van der Waals surface area contributed by atoms with Crippen LogP contribution in [0.3, 0.4) is 0 Å². The van der Waals surface area contributed by atoms with Crippen LogP contribution in [0.5, 0.6) is 5.75 Å². The summed E-state index contributed by atoms with van der Waals surface area (Å²) in [6.45, 7) is 10.8. The molecule has 4 nitrogen and oxygen atoms in total. The van der Waals surface area contributed by atoms with Gasteiger partial charge in [0, 0.05) is 32.6 Å². The Morgan fingerprint density at radius 3 is 2.00 bits per heavy atom. The number of phenols is 1. The molecule has 0 fully saturated rings. The van der Waals surface area contributed by atoms with E-state index in [1.165, 1.54) is 5.56 Å². The Morgan fingerprint density at radius 2 is 1.29 bits per heavy atom. The number of pyridine rings is 1. The molecule has 0 atom stereocenters. The highest BCUT2D eigenvalue weighted by molar-refractivity contribution is 5.98. The summed E-state index contributed by atoms with van der Waals surface area (Å²) in [5, 5.41) is 12.3. The number of para-hydroxylation sites is 1. The molecule has 0 radical (unpaired) electrons. The molecular formula is C58H53N3O. The molecule has 9 rings (SSSR count). The van der Waals surface area contributed by atoms with E-state index in [4.69, 9.17) is 14.1 Å². The molecule has 0 aliphatic rings. The van der Waals surface area contributed by atoms with Crippen molar-refractivity contribution in [2.75, 3.05) is 0 Å². The summed E-state index contributed by atoms with van der Waals surface area (Å²) >= 11 is 0. The van der Waals surface area contributed by atoms with E-state index in [1.807, 2.05) is 36.5 Å². The Hall–Kier alpha value is -7.04. The van der Waals surface area contributed by atoms with Crippen LogP contribution in [0, 0.1) is 19.7 Å².